The molecule has 0 bridgehead atoms. The average Bonchev–Trinajstić information content (AvgIpc) is 3.03. The second kappa shape index (κ2) is 7.77. The summed E-state index contributed by atoms with van der Waals surface area (Å²) in [5, 5.41) is 12.8. The number of Topliss-reactive ketones (excluding diaryl/α,β-unsaturated/α-hetero) is 1. The van der Waals surface area contributed by atoms with Crippen molar-refractivity contribution in [1.82, 2.24) is 10.3 Å². The molecule has 1 amide bonds. The van der Waals surface area contributed by atoms with Gasteiger partial charge in [0.05, 0.1) is 0 Å². The Labute approximate surface area is 183 Å². The molecule has 2 saturated carbocycles. The number of ketones is 1. The number of hydrogen-bond donors (Lipinski definition) is 2. The maximum Gasteiger partial charge on any atom is 0.220 e. The van der Waals surface area contributed by atoms with Crippen molar-refractivity contribution in [3.63, 3.8) is 0 Å². The van der Waals surface area contributed by atoms with Gasteiger partial charge in [0.1, 0.15) is 11.5 Å². The van der Waals surface area contributed by atoms with E-state index < -0.39 is 0 Å². The number of aromatic hydroxyl groups is 1. The van der Waals surface area contributed by atoms with Gasteiger partial charge in [-0.2, -0.15) is 0 Å². The molecule has 5 rings (SSSR count). The van der Waals surface area contributed by atoms with Gasteiger partial charge >= 0.3 is 0 Å². The van der Waals surface area contributed by atoms with Crippen molar-refractivity contribution in [2.75, 3.05) is 0 Å². The Morgan fingerprint density at radius 3 is 2.97 bits per heavy atom. The van der Waals surface area contributed by atoms with Crippen LogP contribution in [0.5, 0.6) is 5.75 Å². The van der Waals surface area contributed by atoms with Gasteiger partial charge in [-0.3, -0.25) is 14.6 Å². The second-order valence-corrected chi connectivity index (χ2v) is 9.89. The summed E-state index contributed by atoms with van der Waals surface area (Å²) >= 11 is 0. The number of phenolic OH excluding ortho intramolecular Hbond substituents is 1. The van der Waals surface area contributed by atoms with E-state index in [9.17, 15) is 14.7 Å². The van der Waals surface area contributed by atoms with E-state index in [0.717, 1.165) is 37.7 Å². The van der Waals surface area contributed by atoms with E-state index in [4.69, 9.17) is 0 Å². The van der Waals surface area contributed by atoms with Crippen LogP contribution in [0.25, 0.3) is 0 Å². The summed E-state index contributed by atoms with van der Waals surface area (Å²) in [6, 6.07) is 9.58. The van der Waals surface area contributed by atoms with Crippen molar-refractivity contribution in [3.8, 4) is 5.75 Å². The zero-order valence-electron chi connectivity index (χ0n) is 18.0. The van der Waals surface area contributed by atoms with E-state index in [-0.39, 0.29) is 23.7 Å². The highest BCUT2D eigenvalue weighted by atomic mass is 16.3. The molecule has 4 unspecified atom stereocenters. The van der Waals surface area contributed by atoms with Gasteiger partial charge in [-0.1, -0.05) is 19.1 Å². The minimum absolute atomic E-state index is 0.0505. The lowest BCUT2D eigenvalue weighted by molar-refractivity contribution is -0.134. The van der Waals surface area contributed by atoms with E-state index in [0.29, 0.717) is 35.8 Å². The van der Waals surface area contributed by atoms with Crippen LogP contribution in [-0.4, -0.2) is 21.8 Å². The van der Waals surface area contributed by atoms with Gasteiger partial charge in [0.2, 0.25) is 5.91 Å². The van der Waals surface area contributed by atoms with Crippen molar-refractivity contribution in [1.29, 1.82) is 0 Å². The molecule has 2 N–H and O–H groups in total. The third kappa shape index (κ3) is 3.54. The smallest absolute Gasteiger partial charge is 0.220 e. The highest BCUT2D eigenvalue weighted by Crippen LogP contribution is 2.61. The molecule has 1 heterocycles. The Morgan fingerprint density at radius 1 is 1.29 bits per heavy atom. The first-order valence-electron chi connectivity index (χ1n) is 11.5. The molecule has 0 spiro atoms. The Bertz CT molecular complexity index is 1000. The van der Waals surface area contributed by atoms with Crippen molar-refractivity contribution in [3.05, 3.63) is 59.4 Å². The lowest BCUT2D eigenvalue weighted by Crippen LogP contribution is -2.42. The van der Waals surface area contributed by atoms with Crippen LogP contribution >= 0.6 is 0 Å². The van der Waals surface area contributed by atoms with E-state index in [1.165, 1.54) is 11.1 Å². The normalized spacial score (nSPS) is 31.5. The van der Waals surface area contributed by atoms with Crippen molar-refractivity contribution in [2.24, 2.45) is 23.2 Å². The second-order valence-electron chi connectivity index (χ2n) is 9.89. The monoisotopic (exact) mass is 418 g/mol. The molecular formula is C26H30N2O3. The summed E-state index contributed by atoms with van der Waals surface area (Å²) in [7, 11) is 0. The first-order chi connectivity index (χ1) is 15.0. The summed E-state index contributed by atoms with van der Waals surface area (Å²) in [4.78, 5) is 30.1. The summed E-state index contributed by atoms with van der Waals surface area (Å²) in [6.07, 6.45) is 8.50. The van der Waals surface area contributed by atoms with Gasteiger partial charge in [0.15, 0.2) is 0 Å². The quantitative estimate of drug-likeness (QED) is 0.782. The van der Waals surface area contributed by atoms with Crippen LogP contribution in [0, 0.1) is 23.2 Å². The van der Waals surface area contributed by atoms with Gasteiger partial charge in [-0.05, 0) is 84.7 Å². The van der Waals surface area contributed by atoms with Crippen LogP contribution < -0.4 is 5.32 Å². The summed E-state index contributed by atoms with van der Waals surface area (Å²) in [5.74, 6) is 1.71. The number of rotatable bonds is 4. The first-order valence-corrected chi connectivity index (χ1v) is 11.5. The fraction of sp³-hybridized carbons (Fsp3) is 0.500. The number of fused-ring (bicyclic) bond motifs is 5. The fourth-order valence-electron chi connectivity index (χ4n) is 6.68. The van der Waals surface area contributed by atoms with Gasteiger partial charge in [0.25, 0.3) is 0 Å². The third-order valence-corrected chi connectivity index (χ3v) is 8.22. The van der Waals surface area contributed by atoms with Crippen LogP contribution in [0.3, 0.4) is 0 Å². The molecular weight excluding hydrogens is 388 g/mol. The predicted molar refractivity (Wildman–Crippen MR) is 117 cm³/mol. The van der Waals surface area contributed by atoms with Gasteiger partial charge in [-0.15, -0.1) is 0 Å². The summed E-state index contributed by atoms with van der Waals surface area (Å²) in [6.45, 7) is 2.60. The zero-order chi connectivity index (χ0) is 21.6. The van der Waals surface area contributed by atoms with Crippen LogP contribution in [-0.2, 0) is 22.6 Å². The molecule has 5 nitrogen and oxygen atoms in total. The van der Waals surface area contributed by atoms with Crippen LogP contribution in [0.4, 0.5) is 0 Å². The van der Waals surface area contributed by atoms with E-state index in [2.05, 4.69) is 23.3 Å². The minimum Gasteiger partial charge on any atom is -0.508 e. The van der Waals surface area contributed by atoms with Crippen LogP contribution in [0.15, 0.2) is 42.7 Å². The zero-order valence-corrected chi connectivity index (χ0v) is 18.0. The number of hydrogen-bond acceptors (Lipinski definition) is 4. The summed E-state index contributed by atoms with van der Waals surface area (Å²) < 4.78 is 0. The molecule has 1 aromatic heterocycles. The number of aromatic nitrogens is 1. The molecule has 1 aromatic carbocycles. The van der Waals surface area contributed by atoms with E-state index in [1.54, 1.807) is 18.5 Å². The first kappa shape index (κ1) is 20.2. The number of carbonyl (C=O) groups excluding carboxylic acids is 2. The number of pyridine rings is 1. The van der Waals surface area contributed by atoms with Gasteiger partial charge < -0.3 is 10.4 Å². The van der Waals surface area contributed by atoms with E-state index >= 15 is 0 Å². The topological polar surface area (TPSA) is 79.3 Å². The molecule has 5 atom stereocenters. The number of carbonyl (C=O) groups is 2. The molecule has 2 aromatic rings. The van der Waals surface area contributed by atoms with Crippen LogP contribution in [0.2, 0.25) is 0 Å². The number of nitrogens with one attached hydrogen (secondary N) is 1. The van der Waals surface area contributed by atoms with Gasteiger partial charge in [-0.25, -0.2) is 0 Å². The average molecular weight is 419 g/mol. The maximum absolute atomic E-state index is 13.4. The molecule has 2 fully saturated rings. The van der Waals surface area contributed by atoms with Crippen molar-refractivity contribution < 1.29 is 14.7 Å². The standard InChI is InChI=1S/C26H30N2O3/c1-26-9-8-21-20-7-5-19(29)11-17(20)4-6-22(21)23(26)12-18(25(26)31)13-24(30)28-15-16-3-2-10-27-14-16/h2-3,5,7,10-11,14,18,21-23,29H,4,6,8-9,12-13,15H2,1H3,(H,28,30)/t18?,21?,22?,23?,26-/m0/s1. The molecule has 162 valence electrons. The Hall–Kier alpha value is -2.69. The number of phenols is 1. The van der Waals surface area contributed by atoms with Crippen LogP contribution in [0.1, 0.15) is 61.6 Å². The Kier molecular flexibility index (Phi) is 5.07. The number of nitrogens with zero attached hydrogens (tertiary/aromatic N) is 1. The highest BCUT2D eigenvalue weighted by Gasteiger charge is 2.58. The molecule has 5 heteroatoms. The number of benzene rings is 1. The Morgan fingerprint density at radius 2 is 2.16 bits per heavy atom. The number of aryl methyl sites for hydroxylation is 1. The number of amides is 1. The lowest BCUT2D eigenvalue weighted by Gasteiger charge is -2.48. The molecule has 3 aliphatic rings. The molecule has 31 heavy (non-hydrogen) atoms. The van der Waals surface area contributed by atoms with E-state index in [1.807, 2.05) is 18.2 Å². The van der Waals surface area contributed by atoms with Crippen molar-refractivity contribution in [2.45, 2.75) is 57.9 Å². The largest absolute Gasteiger partial charge is 0.508 e. The predicted octanol–water partition coefficient (Wildman–Crippen LogP) is 4.15. The fourth-order valence-corrected chi connectivity index (χ4v) is 6.68. The highest BCUT2D eigenvalue weighted by molar-refractivity contribution is 5.93. The molecule has 0 radical (unpaired) electrons. The SMILES string of the molecule is C[C@]12CCC3c4ccc(O)cc4CCC3C1CC(CC(=O)NCc1cccnc1)C2=O. The molecule has 3 aliphatic carbocycles. The molecule has 0 aliphatic heterocycles. The van der Waals surface area contributed by atoms with Crippen molar-refractivity contribution >= 4 is 11.7 Å². The van der Waals surface area contributed by atoms with Gasteiger partial charge in [0, 0.05) is 36.7 Å². The lowest BCUT2D eigenvalue weighted by atomic mass is 9.55. The Balaban J connectivity index is 1.29. The minimum atomic E-state index is -0.302. The summed E-state index contributed by atoms with van der Waals surface area (Å²) in [5.41, 5.74) is 3.29. The third-order valence-electron chi connectivity index (χ3n) is 8.22. The molecule has 0 saturated heterocycles. The maximum atomic E-state index is 13.4.